The second kappa shape index (κ2) is 6.93. The minimum Gasteiger partial charge on any atom is -1.00 e. The predicted octanol–water partition coefficient (Wildman–Crippen LogP) is -1.89. The molecule has 0 nitrogen and oxygen atoms in total. The minimum atomic E-state index is 0. The van der Waals surface area contributed by atoms with Crippen LogP contribution in [0.5, 0.6) is 0 Å². The Morgan fingerprint density at radius 3 is 1.86 bits per heavy atom. The van der Waals surface area contributed by atoms with E-state index in [1.807, 2.05) is 0 Å². The molecule has 0 bridgehead atoms. The van der Waals surface area contributed by atoms with Gasteiger partial charge < -0.3 is 12.4 Å². The molecule has 0 saturated heterocycles. The second-order valence-electron chi connectivity index (χ2n) is 1.38. The Bertz CT molecular complexity index is 30.9. The quantitative estimate of drug-likeness (QED) is 0.328. The average molecular weight is 161 g/mol. The van der Waals surface area contributed by atoms with Crippen LogP contribution in [0.15, 0.2) is 0 Å². The summed E-state index contributed by atoms with van der Waals surface area (Å²) >= 11 is 5.40. The van der Waals surface area contributed by atoms with Gasteiger partial charge >= 0.3 is 0 Å². The van der Waals surface area contributed by atoms with Crippen LogP contribution in [-0.4, -0.2) is 24.1 Å². The molecule has 0 aliphatic heterocycles. The SMILES string of the molecule is C[S+](C)CCCl.[Cl-]. The van der Waals surface area contributed by atoms with Crippen molar-refractivity contribution in [3.8, 4) is 0 Å². The fraction of sp³-hybridized carbons (Fsp3) is 1.00. The molecule has 0 unspecified atom stereocenters. The van der Waals surface area contributed by atoms with Crippen LogP contribution in [0.4, 0.5) is 0 Å². The third-order valence-corrected chi connectivity index (χ3v) is 1.92. The van der Waals surface area contributed by atoms with Crippen molar-refractivity contribution in [3.05, 3.63) is 0 Å². The van der Waals surface area contributed by atoms with E-state index in [0.717, 1.165) is 5.88 Å². The summed E-state index contributed by atoms with van der Waals surface area (Å²) in [6.45, 7) is 0. The monoisotopic (exact) mass is 160 g/mol. The lowest BCUT2D eigenvalue weighted by Crippen LogP contribution is -3.00. The molecule has 0 aromatic carbocycles. The van der Waals surface area contributed by atoms with E-state index in [4.69, 9.17) is 11.6 Å². The molecule has 0 heterocycles. The van der Waals surface area contributed by atoms with Crippen LogP contribution in [0.3, 0.4) is 0 Å². The Kier molecular flexibility index (Phi) is 10.7. The first-order valence-corrected chi connectivity index (χ1v) is 4.62. The lowest BCUT2D eigenvalue weighted by atomic mass is 11.0. The first kappa shape index (κ1) is 10.8. The van der Waals surface area contributed by atoms with Gasteiger partial charge in [0.2, 0.25) is 0 Å². The second-order valence-corrected chi connectivity index (χ2v) is 4.14. The van der Waals surface area contributed by atoms with Crippen molar-refractivity contribution in [1.29, 1.82) is 0 Å². The normalized spacial score (nSPS) is 8.57. The Labute approximate surface area is 59.4 Å². The largest absolute Gasteiger partial charge is 1.00 e. The fourth-order valence-electron chi connectivity index (χ4n) is 0.154. The number of rotatable bonds is 2. The van der Waals surface area contributed by atoms with E-state index in [2.05, 4.69) is 12.5 Å². The standard InChI is InChI=1S/C4H10ClS.ClH/c1-6(2)4-3-5;/h3-4H2,1-2H3;1H/q+1;/p-1. The van der Waals surface area contributed by atoms with Crippen LogP contribution in [-0.2, 0) is 10.9 Å². The molecule has 0 spiro atoms. The topological polar surface area (TPSA) is 0 Å². The molecule has 0 aliphatic rings. The lowest BCUT2D eigenvalue weighted by Gasteiger charge is -1.85. The predicted molar refractivity (Wildman–Crippen MR) is 34.8 cm³/mol. The summed E-state index contributed by atoms with van der Waals surface area (Å²) < 4.78 is 0. The Hall–Kier alpha value is 0.930. The molecule has 3 heteroatoms. The highest BCUT2D eigenvalue weighted by Crippen LogP contribution is 1.83. The molecule has 7 heavy (non-hydrogen) atoms. The van der Waals surface area contributed by atoms with Crippen LogP contribution < -0.4 is 12.4 Å². The van der Waals surface area contributed by atoms with Gasteiger partial charge in [-0.15, -0.1) is 11.6 Å². The third-order valence-electron chi connectivity index (χ3n) is 0.485. The summed E-state index contributed by atoms with van der Waals surface area (Å²) in [6.07, 6.45) is 4.39. The molecule has 0 aromatic rings. The highest BCUT2D eigenvalue weighted by molar-refractivity contribution is 7.95. The van der Waals surface area contributed by atoms with Crippen LogP contribution in [0, 0.1) is 0 Å². The van der Waals surface area contributed by atoms with Gasteiger partial charge in [0.05, 0.1) is 18.4 Å². The Morgan fingerprint density at radius 1 is 1.43 bits per heavy atom. The molecule has 0 atom stereocenters. The molecule has 0 fully saturated rings. The van der Waals surface area contributed by atoms with E-state index >= 15 is 0 Å². The fourth-order valence-corrected chi connectivity index (χ4v) is 1.39. The third kappa shape index (κ3) is 10.9. The van der Waals surface area contributed by atoms with Gasteiger partial charge in [0.25, 0.3) is 0 Å². The van der Waals surface area contributed by atoms with Crippen LogP contribution >= 0.6 is 11.6 Å². The molecular weight excluding hydrogens is 151 g/mol. The van der Waals surface area contributed by atoms with Gasteiger partial charge in [0.15, 0.2) is 0 Å². The molecule has 0 N–H and O–H groups in total. The number of hydrogen-bond acceptors (Lipinski definition) is 0. The molecular formula is C4H10Cl2S. The first-order chi connectivity index (χ1) is 2.77. The number of hydrogen-bond donors (Lipinski definition) is 0. The molecule has 0 amide bonds. The molecule has 0 radical (unpaired) electrons. The number of alkyl halides is 1. The van der Waals surface area contributed by atoms with Crippen molar-refractivity contribution in [3.63, 3.8) is 0 Å². The first-order valence-electron chi connectivity index (χ1n) is 1.87. The van der Waals surface area contributed by atoms with E-state index in [0.29, 0.717) is 10.9 Å². The average Bonchev–Trinajstić information content (AvgIpc) is 1.35. The maximum absolute atomic E-state index is 5.40. The van der Waals surface area contributed by atoms with Gasteiger partial charge in [-0.25, -0.2) is 0 Å². The van der Waals surface area contributed by atoms with Crippen LogP contribution in [0.1, 0.15) is 0 Å². The van der Waals surface area contributed by atoms with Crippen LogP contribution in [0.2, 0.25) is 0 Å². The van der Waals surface area contributed by atoms with Crippen molar-refractivity contribution in [1.82, 2.24) is 0 Å². The van der Waals surface area contributed by atoms with Crippen LogP contribution in [0.25, 0.3) is 0 Å². The summed E-state index contributed by atoms with van der Waals surface area (Å²) in [7, 11) is 0.552. The van der Waals surface area contributed by atoms with Gasteiger partial charge in [0, 0.05) is 0 Å². The highest BCUT2D eigenvalue weighted by atomic mass is 35.5. The summed E-state index contributed by atoms with van der Waals surface area (Å²) in [6, 6.07) is 0. The van der Waals surface area contributed by atoms with Crippen molar-refractivity contribution in [2.24, 2.45) is 0 Å². The zero-order valence-corrected chi connectivity index (χ0v) is 6.91. The van der Waals surface area contributed by atoms with E-state index in [1.165, 1.54) is 5.75 Å². The molecule has 46 valence electrons. The van der Waals surface area contributed by atoms with Gasteiger partial charge in [-0.05, 0) is 10.9 Å². The molecule has 0 rings (SSSR count). The highest BCUT2D eigenvalue weighted by Gasteiger charge is 1.96. The van der Waals surface area contributed by atoms with E-state index < -0.39 is 0 Å². The lowest BCUT2D eigenvalue weighted by molar-refractivity contribution is -0.00000136. The number of halogens is 2. The summed E-state index contributed by atoms with van der Waals surface area (Å²) in [4.78, 5) is 0. The van der Waals surface area contributed by atoms with E-state index in [1.54, 1.807) is 0 Å². The molecule has 0 aliphatic carbocycles. The molecule has 0 saturated carbocycles. The maximum atomic E-state index is 5.40. The summed E-state index contributed by atoms with van der Waals surface area (Å²) in [5.41, 5.74) is 0. The smallest absolute Gasteiger partial charge is 0.121 e. The zero-order valence-electron chi connectivity index (χ0n) is 4.58. The maximum Gasteiger partial charge on any atom is 0.121 e. The van der Waals surface area contributed by atoms with Crippen molar-refractivity contribution < 1.29 is 12.4 Å². The van der Waals surface area contributed by atoms with Gasteiger partial charge in [-0.1, -0.05) is 0 Å². The van der Waals surface area contributed by atoms with E-state index in [-0.39, 0.29) is 12.4 Å². The summed E-state index contributed by atoms with van der Waals surface area (Å²) in [5, 5.41) is 0. The van der Waals surface area contributed by atoms with E-state index in [9.17, 15) is 0 Å². The van der Waals surface area contributed by atoms with Gasteiger partial charge in [0.1, 0.15) is 5.75 Å². The van der Waals surface area contributed by atoms with Crippen molar-refractivity contribution in [2.75, 3.05) is 24.1 Å². The van der Waals surface area contributed by atoms with Gasteiger partial charge in [-0.2, -0.15) is 0 Å². The minimum absolute atomic E-state index is 0. The van der Waals surface area contributed by atoms with Crippen molar-refractivity contribution >= 4 is 22.5 Å². The van der Waals surface area contributed by atoms with Gasteiger partial charge in [-0.3, -0.25) is 0 Å². The zero-order chi connectivity index (χ0) is 4.99. The summed E-state index contributed by atoms with van der Waals surface area (Å²) in [5.74, 6) is 1.98. The Balaban J connectivity index is 0. The van der Waals surface area contributed by atoms with Crippen molar-refractivity contribution in [2.45, 2.75) is 0 Å². The molecule has 0 aromatic heterocycles. The Morgan fingerprint density at radius 2 is 1.86 bits per heavy atom.